The maximum Gasteiger partial charge on any atom is 0.243 e. The zero-order valence-electron chi connectivity index (χ0n) is 17.1. The van der Waals surface area contributed by atoms with Crippen molar-refractivity contribution in [1.82, 2.24) is 9.21 Å². The highest BCUT2D eigenvalue weighted by Gasteiger charge is 2.29. The molecule has 2 heterocycles. The van der Waals surface area contributed by atoms with Gasteiger partial charge in [-0.3, -0.25) is 9.59 Å². The second kappa shape index (κ2) is 9.90. The first-order valence-corrected chi connectivity index (χ1v) is 11.7. The summed E-state index contributed by atoms with van der Waals surface area (Å²) in [6.45, 7) is 1.35. The van der Waals surface area contributed by atoms with Gasteiger partial charge >= 0.3 is 0 Å². The highest BCUT2D eigenvalue weighted by molar-refractivity contribution is 7.89. The molecule has 2 amide bonds. The van der Waals surface area contributed by atoms with Crippen molar-refractivity contribution < 1.29 is 22.4 Å². The lowest BCUT2D eigenvalue weighted by Gasteiger charge is -2.24. The molecule has 0 bridgehead atoms. The lowest BCUT2D eigenvalue weighted by atomic mass is 10.3. The number of nitrogens with zero attached hydrogens (tertiary/aromatic N) is 2. The van der Waals surface area contributed by atoms with Crippen molar-refractivity contribution in [3.8, 4) is 0 Å². The van der Waals surface area contributed by atoms with Crippen LogP contribution >= 0.6 is 11.3 Å². The number of carbonyl (C=O) groups is 2. The molecule has 0 saturated heterocycles. The molecule has 3 rings (SSSR count). The van der Waals surface area contributed by atoms with Crippen molar-refractivity contribution in [2.75, 3.05) is 18.9 Å². The quantitative estimate of drug-likeness (QED) is 0.528. The van der Waals surface area contributed by atoms with Gasteiger partial charge in [0, 0.05) is 24.5 Å². The van der Waals surface area contributed by atoms with E-state index < -0.39 is 10.0 Å². The van der Waals surface area contributed by atoms with Crippen LogP contribution in [0.2, 0.25) is 0 Å². The van der Waals surface area contributed by atoms with E-state index >= 15 is 0 Å². The average Bonchev–Trinajstić information content (AvgIpc) is 3.41. The van der Waals surface area contributed by atoms with Crippen LogP contribution in [-0.4, -0.2) is 43.0 Å². The molecule has 0 fully saturated rings. The van der Waals surface area contributed by atoms with Crippen LogP contribution in [-0.2, 0) is 32.7 Å². The Hall–Kier alpha value is -2.95. The molecular formula is C21H23N3O5S2. The summed E-state index contributed by atoms with van der Waals surface area (Å²) < 4.78 is 33.0. The number of anilines is 1. The van der Waals surface area contributed by atoms with Gasteiger partial charge in [0.1, 0.15) is 5.76 Å². The molecule has 0 aliphatic rings. The Kier molecular flexibility index (Phi) is 7.26. The van der Waals surface area contributed by atoms with Crippen molar-refractivity contribution in [3.63, 3.8) is 0 Å². The van der Waals surface area contributed by atoms with Gasteiger partial charge in [-0.05, 0) is 47.8 Å². The first-order chi connectivity index (χ1) is 14.8. The van der Waals surface area contributed by atoms with Crippen LogP contribution in [0.3, 0.4) is 0 Å². The summed E-state index contributed by atoms with van der Waals surface area (Å²) in [4.78, 5) is 26.5. The molecule has 0 radical (unpaired) electrons. The largest absolute Gasteiger partial charge is 0.468 e. The van der Waals surface area contributed by atoms with E-state index in [1.165, 1.54) is 53.7 Å². The van der Waals surface area contributed by atoms with Gasteiger partial charge in [-0.25, -0.2) is 8.42 Å². The summed E-state index contributed by atoms with van der Waals surface area (Å²) in [5.74, 6) is -0.167. The second-order valence-corrected chi connectivity index (χ2v) is 9.86. The van der Waals surface area contributed by atoms with Crippen molar-refractivity contribution in [2.45, 2.75) is 24.9 Å². The van der Waals surface area contributed by atoms with E-state index in [9.17, 15) is 18.0 Å². The predicted molar refractivity (Wildman–Crippen MR) is 118 cm³/mol. The number of furan rings is 1. The maximum absolute atomic E-state index is 13.3. The van der Waals surface area contributed by atoms with Crippen LogP contribution in [0.5, 0.6) is 0 Å². The zero-order chi connectivity index (χ0) is 22.4. The molecule has 10 heteroatoms. The number of hydrogen-bond donors (Lipinski definition) is 1. The number of nitrogens with one attached hydrogen (secondary N) is 1. The van der Waals surface area contributed by atoms with Gasteiger partial charge in [0.05, 0.1) is 30.8 Å². The zero-order valence-corrected chi connectivity index (χ0v) is 18.8. The molecule has 8 nitrogen and oxygen atoms in total. The van der Waals surface area contributed by atoms with E-state index in [1.807, 2.05) is 17.5 Å². The van der Waals surface area contributed by atoms with Crippen LogP contribution in [0.25, 0.3) is 0 Å². The van der Waals surface area contributed by atoms with Gasteiger partial charge in [-0.2, -0.15) is 4.31 Å². The standard InChI is InChI=1S/C21H23N3O5S2/c1-16(25)22-17-7-9-20(10-8-17)31(27,28)24(13-18-5-3-11-29-18)15-21(26)23(2)14-19-6-4-12-30-19/h3-12H,13-15H2,1-2H3,(H,22,25). The number of likely N-dealkylation sites (N-methyl/N-ethyl adjacent to an activating group) is 1. The van der Waals surface area contributed by atoms with Gasteiger partial charge in [-0.1, -0.05) is 6.07 Å². The molecule has 1 N–H and O–H groups in total. The molecular weight excluding hydrogens is 438 g/mol. The molecule has 0 spiro atoms. The fourth-order valence-electron chi connectivity index (χ4n) is 2.86. The van der Waals surface area contributed by atoms with Gasteiger partial charge in [0.25, 0.3) is 0 Å². The molecule has 164 valence electrons. The highest BCUT2D eigenvalue weighted by Crippen LogP contribution is 2.21. The molecule has 0 saturated carbocycles. The van der Waals surface area contributed by atoms with Gasteiger partial charge in [0.15, 0.2) is 0 Å². The Morgan fingerprint density at radius 1 is 1.06 bits per heavy atom. The van der Waals surface area contributed by atoms with E-state index in [-0.39, 0.29) is 29.8 Å². The number of amides is 2. The monoisotopic (exact) mass is 461 g/mol. The number of sulfonamides is 1. The maximum atomic E-state index is 13.3. The van der Waals surface area contributed by atoms with Crippen molar-refractivity contribution in [3.05, 3.63) is 70.8 Å². The van der Waals surface area contributed by atoms with E-state index in [0.29, 0.717) is 18.0 Å². The summed E-state index contributed by atoms with van der Waals surface area (Å²) in [7, 11) is -2.36. The van der Waals surface area contributed by atoms with E-state index in [0.717, 1.165) is 9.18 Å². The normalized spacial score (nSPS) is 11.5. The van der Waals surface area contributed by atoms with Crippen molar-refractivity contribution in [2.24, 2.45) is 0 Å². The minimum absolute atomic E-state index is 0.0156. The van der Waals surface area contributed by atoms with Gasteiger partial charge in [0.2, 0.25) is 21.8 Å². The molecule has 0 aliphatic heterocycles. The Labute approximate surface area is 185 Å². The minimum atomic E-state index is -4.00. The van der Waals surface area contributed by atoms with Crippen LogP contribution < -0.4 is 5.32 Å². The van der Waals surface area contributed by atoms with Crippen LogP contribution in [0.1, 0.15) is 17.6 Å². The van der Waals surface area contributed by atoms with Crippen LogP contribution in [0, 0.1) is 0 Å². The lowest BCUT2D eigenvalue weighted by Crippen LogP contribution is -2.40. The van der Waals surface area contributed by atoms with Crippen molar-refractivity contribution in [1.29, 1.82) is 0 Å². The minimum Gasteiger partial charge on any atom is -0.468 e. The summed E-state index contributed by atoms with van der Waals surface area (Å²) >= 11 is 1.53. The summed E-state index contributed by atoms with van der Waals surface area (Å²) in [6.07, 6.45) is 1.45. The fourth-order valence-corrected chi connectivity index (χ4v) is 4.97. The number of carbonyl (C=O) groups excluding carboxylic acids is 2. The lowest BCUT2D eigenvalue weighted by molar-refractivity contribution is -0.130. The fraction of sp³-hybridized carbons (Fsp3) is 0.238. The molecule has 0 atom stereocenters. The third-order valence-electron chi connectivity index (χ3n) is 4.44. The molecule has 3 aromatic rings. The van der Waals surface area contributed by atoms with Crippen molar-refractivity contribution >= 4 is 38.9 Å². The number of hydrogen-bond acceptors (Lipinski definition) is 6. The average molecular weight is 462 g/mol. The van der Waals surface area contributed by atoms with Gasteiger partial charge in [-0.15, -0.1) is 11.3 Å². The Morgan fingerprint density at radius 3 is 2.39 bits per heavy atom. The summed E-state index contributed by atoms with van der Waals surface area (Å²) in [5.41, 5.74) is 0.482. The third kappa shape index (κ3) is 6.03. The first kappa shape index (κ1) is 22.7. The highest BCUT2D eigenvalue weighted by atomic mass is 32.2. The predicted octanol–water partition coefficient (Wildman–Crippen LogP) is 3.15. The molecule has 1 aromatic carbocycles. The third-order valence-corrected chi connectivity index (χ3v) is 7.10. The van der Waals surface area contributed by atoms with E-state index in [1.54, 1.807) is 19.2 Å². The topological polar surface area (TPSA) is 99.9 Å². The summed E-state index contributed by atoms with van der Waals surface area (Å²) in [5, 5.41) is 4.52. The Balaban J connectivity index is 1.81. The number of thiophene rings is 1. The first-order valence-electron chi connectivity index (χ1n) is 9.42. The molecule has 31 heavy (non-hydrogen) atoms. The van der Waals surface area contributed by atoms with Crippen LogP contribution in [0.15, 0.2) is 69.5 Å². The van der Waals surface area contributed by atoms with E-state index in [4.69, 9.17) is 4.42 Å². The number of rotatable bonds is 9. The molecule has 0 aliphatic carbocycles. The molecule has 0 unspecified atom stereocenters. The summed E-state index contributed by atoms with van der Waals surface area (Å²) in [6, 6.07) is 12.9. The SMILES string of the molecule is CC(=O)Nc1ccc(S(=O)(=O)N(CC(=O)N(C)Cc2cccs2)Cc2ccco2)cc1. The number of benzene rings is 1. The van der Waals surface area contributed by atoms with Gasteiger partial charge < -0.3 is 14.6 Å². The van der Waals surface area contributed by atoms with E-state index in [2.05, 4.69) is 5.32 Å². The second-order valence-electron chi connectivity index (χ2n) is 6.89. The Bertz CT molecular complexity index is 1110. The molecule has 2 aromatic heterocycles. The Morgan fingerprint density at radius 2 is 1.81 bits per heavy atom. The smallest absolute Gasteiger partial charge is 0.243 e. The van der Waals surface area contributed by atoms with Crippen LogP contribution in [0.4, 0.5) is 5.69 Å².